The van der Waals surface area contributed by atoms with E-state index in [0.29, 0.717) is 0 Å². The highest BCUT2D eigenvalue weighted by Crippen LogP contribution is 2.33. The number of hydrogen-bond donors (Lipinski definition) is 1. The highest BCUT2D eigenvalue weighted by atomic mass is 79.9. The van der Waals surface area contributed by atoms with Crippen molar-refractivity contribution in [3.8, 4) is 11.1 Å². The average molecular weight is 538 g/mol. The SMILES string of the molecule is CCCCCCCCC(O)CCCCCCCCc1cc(Br)ccc1-c1cccc2ccccc12. The van der Waals surface area contributed by atoms with Gasteiger partial charge in [-0.2, -0.15) is 0 Å². The van der Waals surface area contributed by atoms with E-state index >= 15 is 0 Å². The van der Waals surface area contributed by atoms with Crippen LogP contribution in [0.1, 0.15) is 102 Å². The molecule has 35 heavy (non-hydrogen) atoms. The van der Waals surface area contributed by atoms with E-state index in [0.717, 1.165) is 23.7 Å². The Morgan fingerprint density at radius 3 is 2.03 bits per heavy atom. The van der Waals surface area contributed by atoms with Gasteiger partial charge in [0.05, 0.1) is 6.10 Å². The molecule has 2 heteroatoms. The number of aliphatic hydroxyl groups is 1. The summed E-state index contributed by atoms with van der Waals surface area (Å²) in [6, 6.07) is 22.1. The van der Waals surface area contributed by atoms with Gasteiger partial charge in [-0.1, -0.05) is 142 Å². The van der Waals surface area contributed by atoms with Crippen molar-refractivity contribution in [2.75, 3.05) is 0 Å². The van der Waals surface area contributed by atoms with Gasteiger partial charge in [0.2, 0.25) is 0 Å². The summed E-state index contributed by atoms with van der Waals surface area (Å²) in [6.07, 6.45) is 18.4. The normalized spacial score (nSPS) is 12.3. The Kier molecular flexibility index (Phi) is 12.9. The minimum atomic E-state index is -0.0785. The molecular weight excluding hydrogens is 492 g/mol. The van der Waals surface area contributed by atoms with Crippen LogP contribution in [0, 0.1) is 0 Å². The molecule has 0 saturated carbocycles. The maximum Gasteiger partial charge on any atom is 0.0540 e. The molecule has 190 valence electrons. The molecule has 0 spiro atoms. The molecule has 0 amide bonds. The lowest BCUT2D eigenvalue weighted by molar-refractivity contribution is 0.147. The van der Waals surface area contributed by atoms with Gasteiger partial charge >= 0.3 is 0 Å². The Labute approximate surface area is 222 Å². The van der Waals surface area contributed by atoms with Gasteiger partial charge in [0, 0.05) is 4.47 Å². The van der Waals surface area contributed by atoms with Crippen LogP contribution < -0.4 is 0 Å². The summed E-state index contributed by atoms with van der Waals surface area (Å²) < 4.78 is 1.16. The van der Waals surface area contributed by atoms with E-state index in [4.69, 9.17) is 0 Å². The molecule has 1 N–H and O–H groups in total. The van der Waals surface area contributed by atoms with Crippen molar-refractivity contribution in [2.24, 2.45) is 0 Å². The van der Waals surface area contributed by atoms with Gasteiger partial charge in [-0.3, -0.25) is 0 Å². The second-order valence-electron chi connectivity index (χ2n) is 10.2. The van der Waals surface area contributed by atoms with Gasteiger partial charge in [-0.15, -0.1) is 0 Å². The van der Waals surface area contributed by atoms with Crippen molar-refractivity contribution in [1.29, 1.82) is 0 Å². The number of hydrogen-bond acceptors (Lipinski definition) is 1. The third kappa shape index (κ3) is 9.73. The summed E-state index contributed by atoms with van der Waals surface area (Å²) in [4.78, 5) is 0. The number of aliphatic hydroxyl groups excluding tert-OH is 1. The number of fused-ring (bicyclic) bond motifs is 1. The third-order valence-corrected chi connectivity index (χ3v) is 7.76. The van der Waals surface area contributed by atoms with E-state index in [1.165, 1.54) is 105 Å². The largest absolute Gasteiger partial charge is 0.393 e. The molecule has 3 aromatic carbocycles. The monoisotopic (exact) mass is 536 g/mol. The van der Waals surface area contributed by atoms with Crippen LogP contribution in [0.2, 0.25) is 0 Å². The summed E-state index contributed by atoms with van der Waals surface area (Å²) in [5.41, 5.74) is 4.14. The van der Waals surface area contributed by atoms with Gasteiger partial charge in [0.1, 0.15) is 0 Å². The van der Waals surface area contributed by atoms with Crippen molar-refractivity contribution in [3.63, 3.8) is 0 Å². The van der Waals surface area contributed by atoms with Crippen LogP contribution in [0.15, 0.2) is 65.1 Å². The predicted octanol–water partition coefficient (Wildman–Crippen LogP) is 10.7. The summed E-state index contributed by atoms with van der Waals surface area (Å²) in [5.74, 6) is 0. The predicted molar refractivity (Wildman–Crippen MR) is 157 cm³/mol. The molecule has 0 radical (unpaired) electrons. The first kappa shape index (κ1) is 27.9. The molecule has 0 aliphatic carbocycles. The Balaban J connectivity index is 1.35. The quantitative estimate of drug-likeness (QED) is 0.170. The molecule has 3 rings (SSSR count). The summed E-state index contributed by atoms with van der Waals surface area (Å²) in [5, 5.41) is 12.9. The zero-order valence-electron chi connectivity index (χ0n) is 21.8. The van der Waals surface area contributed by atoms with Gasteiger partial charge in [0.25, 0.3) is 0 Å². The van der Waals surface area contributed by atoms with Crippen LogP contribution in [0.25, 0.3) is 21.9 Å². The van der Waals surface area contributed by atoms with E-state index in [2.05, 4.69) is 83.5 Å². The van der Waals surface area contributed by atoms with Crippen molar-refractivity contribution in [3.05, 3.63) is 70.7 Å². The van der Waals surface area contributed by atoms with Crippen LogP contribution >= 0.6 is 15.9 Å². The van der Waals surface area contributed by atoms with E-state index in [1.54, 1.807) is 0 Å². The number of halogens is 1. The smallest absolute Gasteiger partial charge is 0.0540 e. The maximum absolute atomic E-state index is 10.2. The van der Waals surface area contributed by atoms with Crippen molar-refractivity contribution in [1.82, 2.24) is 0 Å². The molecule has 1 unspecified atom stereocenters. The fraction of sp³-hybridized carbons (Fsp3) is 0.515. The summed E-state index contributed by atoms with van der Waals surface area (Å²) in [7, 11) is 0. The second-order valence-corrected chi connectivity index (χ2v) is 11.1. The van der Waals surface area contributed by atoms with Crippen LogP contribution in [0.5, 0.6) is 0 Å². The minimum absolute atomic E-state index is 0.0785. The van der Waals surface area contributed by atoms with Crippen LogP contribution in [0.4, 0.5) is 0 Å². The Bertz CT molecular complexity index is 990. The molecule has 0 aromatic heterocycles. The first-order chi connectivity index (χ1) is 17.2. The fourth-order valence-corrected chi connectivity index (χ4v) is 5.61. The average Bonchev–Trinajstić information content (AvgIpc) is 2.87. The topological polar surface area (TPSA) is 20.2 Å². The molecule has 0 aliphatic heterocycles. The molecule has 3 aromatic rings. The molecule has 0 aliphatic rings. The molecule has 0 heterocycles. The summed E-state index contributed by atoms with van der Waals surface area (Å²) >= 11 is 3.69. The first-order valence-corrected chi connectivity index (χ1v) is 14.9. The van der Waals surface area contributed by atoms with Gasteiger partial charge < -0.3 is 5.11 Å². The zero-order chi connectivity index (χ0) is 24.7. The molecule has 0 bridgehead atoms. The van der Waals surface area contributed by atoms with Crippen LogP contribution in [-0.2, 0) is 6.42 Å². The molecule has 1 atom stereocenters. The van der Waals surface area contributed by atoms with E-state index < -0.39 is 0 Å². The van der Waals surface area contributed by atoms with Crippen LogP contribution in [-0.4, -0.2) is 11.2 Å². The Hall–Kier alpha value is -1.64. The number of benzene rings is 3. The van der Waals surface area contributed by atoms with E-state index in [-0.39, 0.29) is 6.10 Å². The minimum Gasteiger partial charge on any atom is -0.393 e. The number of aryl methyl sites for hydroxylation is 1. The highest BCUT2D eigenvalue weighted by Gasteiger charge is 2.09. The standard InChI is InChI=1S/C33H45BrO/c1-2-3-4-5-9-12-20-30(35)21-13-10-7-6-8-11-18-28-26-29(34)24-25-32(28)33-23-16-19-27-17-14-15-22-31(27)33/h14-17,19,22-26,30,35H,2-13,18,20-21H2,1H3. The highest BCUT2D eigenvalue weighted by molar-refractivity contribution is 9.10. The molecule has 1 nitrogen and oxygen atoms in total. The summed E-state index contributed by atoms with van der Waals surface area (Å²) in [6.45, 7) is 2.26. The number of unbranched alkanes of at least 4 members (excludes halogenated alkanes) is 10. The Morgan fingerprint density at radius 2 is 1.29 bits per heavy atom. The number of rotatable bonds is 17. The fourth-order valence-electron chi connectivity index (χ4n) is 5.20. The molecular formula is C33H45BrO. The van der Waals surface area contributed by atoms with Crippen molar-refractivity contribution >= 4 is 26.7 Å². The van der Waals surface area contributed by atoms with Crippen molar-refractivity contribution in [2.45, 2.75) is 109 Å². The maximum atomic E-state index is 10.2. The lowest BCUT2D eigenvalue weighted by Crippen LogP contribution is -2.05. The van der Waals surface area contributed by atoms with Gasteiger partial charge in [-0.05, 0) is 65.3 Å². The van der Waals surface area contributed by atoms with Gasteiger partial charge in [0.15, 0.2) is 0 Å². The van der Waals surface area contributed by atoms with Gasteiger partial charge in [-0.25, -0.2) is 0 Å². The Morgan fingerprint density at radius 1 is 0.657 bits per heavy atom. The van der Waals surface area contributed by atoms with E-state index in [1.807, 2.05) is 0 Å². The van der Waals surface area contributed by atoms with Crippen molar-refractivity contribution < 1.29 is 5.11 Å². The first-order valence-electron chi connectivity index (χ1n) is 14.1. The zero-order valence-corrected chi connectivity index (χ0v) is 23.4. The van der Waals surface area contributed by atoms with Crippen LogP contribution in [0.3, 0.4) is 0 Å². The van der Waals surface area contributed by atoms with E-state index in [9.17, 15) is 5.11 Å². The molecule has 0 saturated heterocycles. The molecule has 0 fully saturated rings. The third-order valence-electron chi connectivity index (χ3n) is 7.27. The lowest BCUT2D eigenvalue weighted by atomic mass is 9.92. The lowest BCUT2D eigenvalue weighted by Gasteiger charge is -2.13. The second kappa shape index (κ2) is 16.2.